The molecule has 0 radical (unpaired) electrons. The highest BCUT2D eigenvalue weighted by atomic mass is 32.2. The van der Waals surface area contributed by atoms with Gasteiger partial charge in [-0.05, 0) is 48.6 Å². The molecule has 22 heavy (non-hydrogen) atoms. The second-order valence-corrected chi connectivity index (χ2v) is 6.59. The number of fused-ring (bicyclic) bond motifs is 1. The molecule has 0 fully saturated rings. The Bertz CT molecular complexity index is 734. The summed E-state index contributed by atoms with van der Waals surface area (Å²) in [5.41, 5.74) is 3.74. The number of carboxylic acids is 1. The molecular weight excluding hydrogens is 292 g/mol. The number of allylic oxidation sites excluding steroid dienone is 1. The maximum Gasteiger partial charge on any atom is 0.336 e. The summed E-state index contributed by atoms with van der Waals surface area (Å²) in [6, 6.07) is 15.8. The minimum absolute atomic E-state index is 0.306. The van der Waals surface area contributed by atoms with E-state index in [1.54, 1.807) is 12.1 Å². The first kappa shape index (κ1) is 14.9. The number of hydrogen-bond donors (Lipinski definition) is 1. The Hall–Kier alpha value is -2.00. The highest BCUT2D eigenvalue weighted by Gasteiger charge is 2.25. The van der Waals surface area contributed by atoms with Crippen LogP contribution in [0.25, 0.3) is 5.57 Å². The molecule has 112 valence electrons. The lowest BCUT2D eigenvalue weighted by Crippen LogP contribution is -2.15. The predicted octanol–water partition coefficient (Wildman–Crippen LogP) is 4.90. The molecular formula is C19H18O2S. The van der Waals surface area contributed by atoms with Crippen LogP contribution >= 0.6 is 11.8 Å². The van der Waals surface area contributed by atoms with E-state index in [0.29, 0.717) is 10.8 Å². The molecule has 2 nitrogen and oxygen atoms in total. The van der Waals surface area contributed by atoms with Crippen molar-refractivity contribution in [2.75, 3.05) is 0 Å². The van der Waals surface area contributed by atoms with Gasteiger partial charge in [0.1, 0.15) is 0 Å². The number of thioether (sulfide) groups is 1. The molecule has 2 aromatic carbocycles. The van der Waals surface area contributed by atoms with E-state index in [1.807, 2.05) is 30.8 Å². The molecule has 0 saturated carbocycles. The molecule has 3 rings (SSSR count). The summed E-state index contributed by atoms with van der Waals surface area (Å²) in [5.74, 6) is -0.865. The molecule has 1 heterocycles. The molecule has 1 aliphatic heterocycles. The number of aryl methyl sites for hydroxylation is 1. The number of aromatic carboxylic acids is 1. The van der Waals surface area contributed by atoms with Crippen molar-refractivity contribution < 1.29 is 9.90 Å². The van der Waals surface area contributed by atoms with Gasteiger partial charge >= 0.3 is 5.97 Å². The zero-order chi connectivity index (χ0) is 15.5. The van der Waals surface area contributed by atoms with Crippen molar-refractivity contribution in [1.29, 1.82) is 0 Å². The highest BCUT2D eigenvalue weighted by molar-refractivity contribution is 8.00. The first-order valence-electron chi connectivity index (χ1n) is 7.44. The van der Waals surface area contributed by atoms with Crippen LogP contribution in [0.15, 0.2) is 59.5 Å². The van der Waals surface area contributed by atoms with Gasteiger partial charge in [0.05, 0.1) is 5.56 Å². The number of carboxylic acid groups (broad SMARTS) is 1. The Morgan fingerprint density at radius 3 is 2.55 bits per heavy atom. The SMILES string of the molecule is C/C=C(\c1ccccc1C(=O)O)C1CCc2ccccc2S1. The zero-order valence-corrected chi connectivity index (χ0v) is 13.3. The van der Waals surface area contributed by atoms with Crippen LogP contribution in [0.4, 0.5) is 0 Å². The molecule has 1 atom stereocenters. The smallest absolute Gasteiger partial charge is 0.336 e. The third kappa shape index (κ3) is 2.81. The van der Waals surface area contributed by atoms with Crippen LogP contribution in [0.1, 0.15) is 34.8 Å². The normalized spacial score (nSPS) is 17.9. The van der Waals surface area contributed by atoms with Gasteiger partial charge in [-0.3, -0.25) is 0 Å². The van der Waals surface area contributed by atoms with Gasteiger partial charge in [-0.1, -0.05) is 42.5 Å². The lowest BCUT2D eigenvalue weighted by molar-refractivity contribution is 0.0696. The molecule has 1 N–H and O–H groups in total. The molecule has 0 aromatic heterocycles. The van der Waals surface area contributed by atoms with Crippen LogP contribution < -0.4 is 0 Å². The van der Waals surface area contributed by atoms with Gasteiger partial charge < -0.3 is 5.11 Å². The molecule has 0 aliphatic carbocycles. The Kier molecular flexibility index (Phi) is 4.34. The van der Waals surface area contributed by atoms with E-state index >= 15 is 0 Å². The maximum absolute atomic E-state index is 11.5. The lowest BCUT2D eigenvalue weighted by atomic mass is 9.93. The monoisotopic (exact) mass is 310 g/mol. The average molecular weight is 310 g/mol. The highest BCUT2D eigenvalue weighted by Crippen LogP contribution is 2.42. The van der Waals surface area contributed by atoms with Gasteiger partial charge in [0.25, 0.3) is 0 Å². The van der Waals surface area contributed by atoms with E-state index in [4.69, 9.17) is 0 Å². The van der Waals surface area contributed by atoms with Gasteiger partial charge in [0, 0.05) is 10.1 Å². The summed E-state index contributed by atoms with van der Waals surface area (Å²) in [4.78, 5) is 12.8. The molecule has 1 aliphatic rings. The third-order valence-corrected chi connectivity index (χ3v) is 5.47. The third-order valence-electron chi connectivity index (χ3n) is 4.04. The minimum atomic E-state index is -0.865. The van der Waals surface area contributed by atoms with Gasteiger partial charge in [0.15, 0.2) is 0 Å². The molecule has 2 aromatic rings. The fraction of sp³-hybridized carbons (Fsp3) is 0.211. The first-order chi connectivity index (χ1) is 10.7. The fourth-order valence-corrected chi connectivity index (χ4v) is 4.39. The number of benzene rings is 2. The molecule has 0 spiro atoms. The van der Waals surface area contributed by atoms with E-state index in [1.165, 1.54) is 10.5 Å². The van der Waals surface area contributed by atoms with E-state index in [2.05, 4.69) is 30.3 Å². The van der Waals surface area contributed by atoms with Crippen LogP contribution in [0.2, 0.25) is 0 Å². The molecule has 0 amide bonds. The quantitative estimate of drug-likeness (QED) is 0.876. The Morgan fingerprint density at radius 2 is 1.82 bits per heavy atom. The van der Waals surface area contributed by atoms with Crippen molar-refractivity contribution in [3.05, 3.63) is 71.3 Å². The minimum Gasteiger partial charge on any atom is -0.478 e. The van der Waals surface area contributed by atoms with Crippen molar-refractivity contribution in [3.8, 4) is 0 Å². The van der Waals surface area contributed by atoms with E-state index in [-0.39, 0.29) is 0 Å². The second-order valence-electron chi connectivity index (χ2n) is 5.35. The Morgan fingerprint density at radius 1 is 1.14 bits per heavy atom. The van der Waals surface area contributed by atoms with Crippen molar-refractivity contribution in [3.63, 3.8) is 0 Å². The van der Waals surface area contributed by atoms with Crippen LogP contribution in [0.5, 0.6) is 0 Å². The standard InChI is InChI=1S/C19H18O2S/c1-2-14(15-8-4-5-9-16(15)19(20)21)18-12-11-13-7-3-6-10-17(13)22-18/h2-10,18H,11-12H2,1H3,(H,20,21)/b14-2+. The maximum atomic E-state index is 11.5. The summed E-state index contributed by atoms with van der Waals surface area (Å²) in [6.07, 6.45) is 4.14. The summed E-state index contributed by atoms with van der Waals surface area (Å²) < 4.78 is 0. The molecule has 0 saturated heterocycles. The Balaban J connectivity index is 1.96. The first-order valence-corrected chi connectivity index (χ1v) is 8.32. The van der Waals surface area contributed by atoms with Crippen molar-refractivity contribution in [1.82, 2.24) is 0 Å². The van der Waals surface area contributed by atoms with Gasteiger partial charge in [-0.2, -0.15) is 0 Å². The average Bonchev–Trinajstić information content (AvgIpc) is 2.56. The second kappa shape index (κ2) is 6.41. The fourth-order valence-electron chi connectivity index (χ4n) is 2.98. The molecule has 0 bridgehead atoms. The van der Waals surface area contributed by atoms with Crippen molar-refractivity contribution in [2.45, 2.75) is 29.9 Å². The number of carbonyl (C=O) groups is 1. The van der Waals surface area contributed by atoms with Crippen molar-refractivity contribution >= 4 is 23.3 Å². The summed E-state index contributed by atoms with van der Waals surface area (Å²) in [6.45, 7) is 2.00. The number of rotatable bonds is 3. The molecule has 3 heteroatoms. The summed E-state index contributed by atoms with van der Waals surface area (Å²) >= 11 is 1.84. The van der Waals surface area contributed by atoms with Crippen LogP contribution in [-0.2, 0) is 6.42 Å². The Labute approximate surface area is 134 Å². The number of hydrogen-bond acceptors (Lipinski definition) is 2. The van der Waals surface area contributed by atoms with Crippen LogP contribution in [0.3, 0.4) is 0 Å². The summed E-state index contributed by atoms with van der Waals surface area (Å²) in [5, 5.41) is 9.74. The van der Waals surface area contributed by atoms with E-state index in [9.17, 15) is 9.90 Å². The molecule has 1 unspecified atom stereocenters. The van der Waals surface area contributed by atoms with Crippen LogP contribution in [-0.4, -0.2) is 16.3 Å². The lowest BCUT2D eigenvalue weighted by Gasteiger charge is -2.27. The predicted molar refractivity (Wildman–Crippen MR) is 91.5 cm³/mol. The van der Waals surface area contributed by atoms with Gasteiger partial charge in [-0.15, -0.1) is 11.8 Å². The topological polar surface area (TPSA) is 37.3 Å². The zero-order valence-electron chi connectivity index (χ0n) is 12.5. The van der Waals surface area contributed by atoms with Gasteiger partial charge in [0.2, 0.25) is 0 Å². The van der Waals surface area contributed by atoms with E-state index in [0.717, 1.165) is 24.0 Å². The van der Waals surface area contributed by atoms with E-state index < -0.39 is 5.97 Å². The largest absolute Gasteiger partial charge is 0.478 e. The summed E-state index contributed by atoms with van der Waals surface area (Å²) in [7, 11) is 0. The van der Waals surface area contributed by atoms with Crippen molar-refractivity contribution in [2.24, 2.45) is 0 Å². The van der Waals surface area contributed by atoms with Gasteiger partial charge in [-0.25, -0.2) is 4.79 Å². The van der Waals surface area contributed by atoms with Crippen LogP contribution in [0, 0.1) is 0 Å².